The van der Waals surface area contributed by atoms with Crippen molar-refractivity contribution in [1.82, 2.24) is 10.2 Å². The van der Waals surface area contributed by atoms with Crippen molar-refractivity contribution in [3.05, 3.63) is 95.3 Å². The van der Waals surface area contributed by atoms with Crippen LogP contribution < -0.4 is 9.62 Å². The summed E-state index contributed by atoms with van der Waals surface area (Å²) < 4.78 is 43.5. The monoisotopic (exact) mass is 553 g/mol. The number of benzene rings is 3. The third-order valence-electron chi connectivity index (χ3n) is 6.21. The van der Waals surface area contributed by atoms with Gasteiger partial charge in [0, 0.05) is 17.6 Å². The Morgan fingerprint density at radius 2 is 1.56 bits per heavy atom. The number of nitrogens with one attached hydrogen (secondary N) is 1. The molecule has 39 heavy (non-hydrogen) atoms. The summed E-state index contributed by atoms with van der Waals surface area (Å²) in [4.78, 5) is 28.3. The smallest absolute Gasteiger partial charge is 0.264 e. The predicted molar refractivity (Wildman–Crippen MR) is 151 cm³/mol. The minimum atomic E-state index is -4.17. The first-order valence-corrected chi connectivity index (χ1v) is 14.1. The highest BCUT2D eigenvalue weighted by Gasteiger charge is 2.34. The minimum Gasteiger partial charge on any atom is -0.350 e. The first-order valence-electron chi connectivity index (χ1n) is 12.7. The van der Waals surface area contributed by atoms with E-state index in [0.29, 0.717) is 11.3 Å². The highest BCUT2D eigenvalue weighted by Crippen LogP contribution is 2.28. The van der Waals surface area contributed by atoms with Gasteiger partial charge in [-0.3, -0.25) is 13.9 Å². The van der Waals surface area contributed by atoms with Gasteiger partial charge < -0.3 is 10.2 Å². The maximum absolute atomic E-state index is 14.6. The molecule has 0 saturated carbocycles. The summed E-state index contributed by atoms with van der Waals surface area (Å²) in [5.74, 6) is -1.60. The largest absolute Gasteiger partial charge is 0.350 e. The lowest BCUT2D eigenvalue weighted by Crippen LogP contribution is -2.54. The van der Waals surface area contributed by atoms with Gasteiger partial charge in [0.25, 0.3) is 10.0 Å². The van der Waals surface area contributed by atoms with E-state index in [-0.39, 0.29) is 17.0 Å². The van der Waals surface area contributed by atoms with Crippen LogP contribution >= 0.6 is 0 Å². The Morgan fingerprint density at radius 3 is 2.18 bits per heavy atom. The van der Waals surface area contributed by atoms with Crippen LogP contribution in [0, 0.1) is 19.7 Å². The highest BCUT2D eigenvalue weighted by atomic mass is 32.2. The minimum absolute atomic E-state index is 0.0258. The molecule has 9 heteroatoms. The fourth-order valence-electron chi connectivity index (χ4n) is 4.09. The molecule has 3 aromatic rings. The third-order valence-corrected chi connectivity index (χ3v) is 7.98. The maximum Gasteiger partial charge on any atom is 0.264 e. The summed E-state index contributed by atoms with van der Waals surface area (Å²) in [6.07, 6.45) is 0. The Labute approximate surface area is 230 Å². The zero-order valence-corrected chi connectivity index (χ0v) is 24.0. The Kier molecular flexibility index (Phi) is 9.17. The number of sulfonamides is 1. The van der Waals surface area contributed by atoms with Crippen molar-refractivity contribution >= 4 is 27.5 Å². The molecule has 0 heterocycles. The molecule has 0 aromatic heterocycles. The average Bonchev–Trinajstić information content (AvgIpc) is 2.87. The highest BCUT2D eigenvalue weighted by molar-refractivity contribution is 7.92. The lowest BCUT2D eigenvalue weighted by atomic mass is 10.1. The van der Waals surface area contributed by atoms with Crippen LogP contribution in [0.15, 0.2) is 77.7 Å². The van der Waals surface area contributed by atoms with E-state index in [1.165, 1.54) is 35.2 Å². The zero-order chi connectivity index (χ0) is 29.0. The number of aryl methyl sites for hydroxylation is 2. The third kappa shape index (κ3) is 7.44. The summed E-state index contributed by atoms with van der Waals surface area (Å²) in [5.41, 5.74) is 1.47. The number of amides is 2. The lowest BCUT2D eigenvalue weighted by Gasteiger charge is -2.34. The van der Waals surface area contributed by atoms with Gasteiger partial charge in [-0.2, -0.15) is 0 Å². The molecule has 1 atom stereocenters. The van der Waals surface area contributed by atoms with Crippen LogP contribution in [-0.2, 0) is 26.2 Å². The fourth-order valence-corrected chi connectivity index (χ4v) is 5.58. The van der Waals surface area contributed by atoms with Crippen LogP contribution in [0.5, 0.6) is 0 Å². The van der Waals surface area contributed by atoms with E-state index in [1.54, 1.807) is 50.2 Å². The quantitative estimate of drug-likeness (QED) is 0.405. The predicted octanol–water partition coefficient (Wildman–Crippen LogP) is 4.97. The molecule has 0 radical (unpaired) electrons. The van der Waals surface area contributed by atoms with E-state index in [9.17, 15) is 22.4 Å². The Hall–Kier alpha value is -3.72. The molecule has 0 spiro atoms. The van der Waals surface area contributed by atoms with Crippen molar-refractivity contribution in [3.8, 4) is 0 Å². The van der Waals surface area contributed by atoms with Crippen LogP contribution in [0.2, 0.25) is 0 Å². The van der Waals surface area contributed by atoms with Gasteiger partial charge in [0.2, 0.25) is 11.8 Å². The van der Waals surface area contributed by atoms with Crippen molar-refractivity contribution in [2.75, 3.05) is 10.8 Å². The molecule has 0 saturated heterocycles. The number of rotatable bonds is 9. The normalized spacial score (nSPS) is 12.5. The molecular weight excluding hydrogens is 517 g/mol. The van der Waals surface area contributed by atoms with E-state index < -0.39 is 45.8 Å². The number of carbonyl (C=O) groups excluding carboxylic acids is 2. The molecule has 3 aromatic carbocycles. The van der Waals surface area contributed by atoms with Gasteiger partial charge in [-0.15, -0.1) is 0 Å². The Morgan fingerprint density at radius 1 is 0.949 bits per heavy atom. The van der Waals surface area contributed by atoms with Gasteiger partial charge in [-0.1, -0.05) is 48.5 Å². The van der Waals surface area contributed by atoms with Crippen LogP contribution in [0.1, 0.15) is 44.4 Å². The molecule has 1 N–H and O–H groups in total. The van der Waals surface area contributed by atoms with E-state index in [1.807, 2.05) is 33.8 Å². The fraction of sp³-hybridized carbons (Fsp3) is 0.333. The Bertz CT molecular complexity index is 1440. The Balaban J connectivity index is 2.08. The van der Waals surface area contributed by atoms with Gasteiger partial charge in [-0.05, 0) is 76.9 Å². The van der Waals surface area contributed by atoms with Crippen molar-refractivity contribution in [3.63, 3.8) is 0 Å². The summed E-state index contributed by atoms with van der Waals surface area (Å²) in [5, 5.41) is 2.85. The summed E-state index contributed by atoms with van der Waals surface area (Å²) in [6.45, 7) is 9.80. The molecule has 0 aliphatic rings. The van der Waals surface area contributed by atoms with Crippen molar-refractivity contribution in [1.29, 1.82) is 0 Å². The first kappa shape index (κ1) is 29.8. The van der Waals surface area contributed by atoms with Crippen LogP contribution in [0.4, 0.5) is 10.1 Å². The second kappa shape index (κ2) is 12.0. The second-order valence-corrected chi connectivity index (χ2v) is 12.5. The molecule has 0 fully saturated rings. The maximum atomic E-state index is 14.6. The average molecular weight is 554 g/mol. The molecule has 3 rings (SSSR count). The standard InChI is InChI=1S/C30H36FN3O4S/c1-21-16-17-22(2)27(18-21)34(39(37,38)25-13-8-7-9-14-25)20-28(35)33(19-24-12-10-11-15-26(24)31)23(3)29(36)32-30(4,5)6/h7-18,23H,19-20H2,1-6H3,(H,32,36)/t23-/m1/s1. The van der Waals surface area contributed by atoms with E-state index in [2.05, 4.69) is 5.32 Å². The molecule has 7 nitrogen and oxygen atoms in total. The number of halogens is 1. The molecule has 0 aliphatic heterocycles. The molecule has 2 amide bonds. The first-order chi connectivity index (χ1) is 18.2. The molecule has 0 unspecified atom stereocenters. The summed E-state index contributed by atoms with van der Waals surface area (Å²) in [7, 11) is -4.17. The van der Waals surface area contributed by atoms with Crippen molar-refractivity contribution in [2.24, 2.45) is 0 Å². The molecular formula is C30H36FN3O4S. The summed E-state index contributed by atoms with van der Waals surface area (Å²) in [6, 6.07) is 18.2. The number of carbonyl (C=O) groups is 2. The molecule has 0 aliphatic carbocycles. The summed E-state index contributed by atoms with van der Waals surface area (Å²) >= 11 is 0. The van der Waals surface area contributed by atoms with E-state index in [0.717, 1.165) is 9.87 Å². The number of hydrogen-bond donors (Lipinski definition) is 1. The second-order valence-electron chi connectivity index (χ2n) is 10.6. The zero-order valence-electron chi connectivity index (χ0n) is 23.2. The number of anilines is 1. The molecule has 208 valence electrons. The lowest BCUT2D eigenvalue weighted by molar-refractivity contribution is -0.140. The SMILES string of the molecule is Cc1ccc(C)c(N(CC(=O)N(Cc2ccccc2F)[C@H](C)C(=O)NC(C)(C)C)S(=O)(=O)c2ccccc2)c1. The van der Waals surface area contributed by atoms with E-state index in [4.69, 9.17) is 0 Å². The van der Waals surface area contributed by atoms with E-state index >= 15 is 0 Å². The van der Waals surface area contributed by atoms with Gasteiger partial charge in [0.1, 0.15) is 18.4 Å². The van der Waals surface area contributed by atoms with Crippen LogP contribution in [0.25, 0.3) is 0 Å². The van der Waals surface area contributed by atoms with Gasteiger partial charge >= 0.3 is 0 Å². The van der Waals surface area contributed by atoms with Crippen LogP contribution in [-0.4, -0.2) is 43.3 Å². The van der Waals surface area contributed by atoms with Crippen molar-refractivity contribution < 1.29 is 22.4 Å². The number of nitrogens with zero attached hydrogens (tertiary/aromatic N) is 2. The van der Waals surface area contributed by atoms with Gasteiger partial charge in [0.15, 0.2) is 0 Å². The molecule has 0 bridgehead atoms. The van der Waals surface area contributed by atoms with Gasteiger partial charge in [-0.25, -0.2) is 12.8 Å². The van der Waals surface area contributed by atoms with Gasteiger partial charge in [0.05, 0.1) is 10.6 Å². The number of hydrogen-bond acceptors (Lipinski definition) is 4. The topological polar surface area (TPSA) is 86.8 Å². The van der Waals surface area contributed by atoms with Crippen LogP contribution in [0.3, 0.4) is 0 Å². The van der Waals surface area contributed by atoms with Crippen molar-refractivity contribution in [2.45, 2.75) is 64.6 Å².